The number of nitrogens with one attached hydrogen (secondary N) is 2. The number of nitrogens with zero attached hydrogens (tertiary/aromatic N) is 2. The highest BCUT2D eigenvalue weighted by Crippen LogP contribution is 2.06. The Morgan fingerprint density at radius 2 is 2.31 bits per heavy atom. The highest BCUT2D eigenvalue weighted by Gasteiger charge is 2.04. The minimum atomic E-state index is -0.420. The Bertz CT molecular complexity index is 333. The van der Waals surface area contributed by atoms with Gasteiger partial charge >= 0.3 is 5.69 Å². The minimum Gasteiger partial charge on any atom is -0.366 e. The molecule has 0 aromatic carbocycles. The molecule has 0 bridgehead atoms. The number of hydrogen-bond donors (Lipinski definition) is 2. The van der Waals surface area contributed by atoms with Crippen molar-refractivity contribution in [1.29, 1.82) is 0 Å². The van der Waals surface area contributed by atoms with Crippen LogP contribution in [0.25, 0.3) is 0 Å². The summed E-state index contributed by atoms with van der Waals surface area (Å²) in [7, 11) is 0. The zero-order valence-corrected chi connectivity index (χ0v) is 8.09. The molecule has 0 aliphatic rings. The standard InChI is InChI=1S/C8H14N4O/c1-4-5(2)9-7-6(3)11-12-8(13)10-7/h5H,4H2,1-3H3,(H2,9,10,12,13). The monoisotopic (exact) mass is 182 g/mol. The third-order valence-electron chi connectivity index (χ3n) is 1.87. The summed E-state index contributed by atoms with van der Waals surface area (Å²) in [6.07, 6.45) is 0.980. The molecule has 1 aromatic heterocycles. The van der Waals surface area contributed by atoms with Gasteiger partial charge in [0.05, 0.1) is 0 Å². The molecule has 0 saturated carbocycles. The van der Waals surface area contributed by atoms with E-state index >= 15 is 0 Å². The maximum absolute atomic E-state index is 10.8. The second-order valence-electron chi connectivity index (χ2n) is 3.03. The van der Waals surface area contributed by atoms with Crippen LogP contribution in [0.5, 0.6) is 0 Å². The first kappa shape index (κ1) is 9.70. The first-order valence-corrected chi connectivity index (χ1v) is 4.33. The number of aryl methyl sites for hydroxylation is 1. The lowest BCUT2D eigenvalue weighted by Gasteiger charge is -2.12. The molecule has 1 rings (SSSR count). The van der Waals surface area contributed by atoms with Crippen LogP contribution in [0.1, 0.15) is 26.0 Å². The van der Waals surface area contributed by atoms with Crippen molar-refractivity contribution < 1.29 is 0 Å². The summed E-state index contributed by atoms with van der Waals surface area (Å²) in [6.45, 7) is 5.89. The molecule has 0 saturated heterocycles. The van der Waals surface area contributed by atoms with E-state index in [9.17, 15) is 4.79 Å². The van der Waals surface area contributed by atoms with E-state index in [-0.39, 0.29) is 0 Å². The van der Waals surface area contributed by atoms with Gasteiger partial charge in [-0.2, -0.15) is 10.1 Å². The van der Waals surface area contributed by atoms with Gasteiger partial charge in [-0.15, -0.1) is 0 Å². The average molecular weight is 182 g/mol. The summed E-state index contributed by atoms with van der Waals surface area (Å²) in [6, 6.07) is 0.301. The predicted molar refractivity (Wildman–Crippen MR) is 50.8 cm³/mol. The van der Waals surface area contributed by atoms with E-state index in [1.54, 1.807) is 6.92 Å². The van der Waals surface area contributed by atoms with Crippen LogP contribution in [0.2, 0.25) is 0 Å². The van der Waals surface area contributed by atoms with Crippen molar-refractivity contribution in [1.82, 2.24) is 15.2 Å². The number of H-pyrrole nitrogens is 1. The predicted octanol–water partition coefficient (Wildman–Crippen LogP) is 0.684. The topological polar surface area (TPSA) is 70.7 Å². The number of hydrogen-bond acceptors (Lipinski definition) is 4. The molecule has 5 nitrogen and oxygen atoms in total. The van der Waals surface area contributed by atoms with Gasteiger partial charge in [0.1, 0.15) is 5.69 Å². The zero-order chi connectivity index (χ0) is 9.84. The smallest absolute Gasteiger partial charge is 0.363 e. The van der Waals surface area contributed by atoms with E-state index in [1.807, 2.05) is 6.92 Å². The van der Waals surface area contributed by atoms with Crippen LogP contribution in [-0.4, -0.2) is 21.2 Å². The Hall–Kier alpha value is -1.39. The van der Waals surface area contributed by atoms with Gasteiger partial charge in [-0.25, -0.2) is 9.89 Å². The van der Waals surface area contributed by atoms with Crippen LogP contribution < -0.4 is 11.0 Å². The van der Waals surface area contributed by atoms with Gasteiger partial charge in [-0.3, -0.25) is 0 Å². The van der Waals surface area contributed by atoms with Gasteiger partial charge in [0.2, 0.25) is 0 Å². The fourth-order valence-corrected chi connectivity index (χ4v) is 0.864. The van der Waals surface area contributed by atoms with E-state index in [0.29, 0.717) is 17.6 Å². The molecule has 1 atom stereocenters. The maximum atomic E-state index is 10.8. The molecular formula is C8H14N4O. The largest absolute Gasteiger partial charge is 0.366 e. The van der Waals surface area contributed by atoms with E-state index in [2.05, 4.69) is 27.4 Å². The molecule has 0 amide bonds. The van der Waals surface area contributed by atoms with Crippen molar-refractivity contribution in [3.63, 3.8) is 0 Å². The highest BCUT2D eigenvalue weighted by atomic mass is 16.1. The first-order chi connectivity index (χ1) is 6.13. The Kier molecular flexibility index (Phi) is 3.00. The van der Waals surface area contributed by atoms with Gasteiger partial charge in [0, 0.05) is 6.04 Å². The summed E-state index contributed by atoms with van der Waals surface area (Å²) in [4.78, 5) is 14.6. The third kappa shape index (κ3) is 2.54. The quantitative estimate of drug-likeness (QED) is 0.721. The van der Waals surface area contributed by atoms with Crippen LogP contribution in [0.15, 0.2) is 4.79 Å². The lowest BCUT2D eigenvalue weighted by molar-refractivity contribution is 0.747. The highest BCUT2D eigenvalue weighted by molar-refractivity contribution is 5.38. The summed E-state index contributed by atoms with van der Waals surface area (Å²) in [5.74, 6) is 0.568. The van der Waals surface area contributed by atoms with Crippen molar-refractivity contribution in [2.45, 2.75) is 33.2 Å². The summed E-state index contributed by atoms with van der Waals surface area (Å²) in [5.41, 5.74) is 0.288. The van der Waals surface area contributed by atoms with Crippen molar-refractivity contribution in [2.24, 2.45) is 0 Å². The average Bonchev–Trinajstić information content (AvgIpc) is 2.11. The van der Waals surface area contributed by atoms with Crippen LogP contribution >= 0.6 is 0 Å². The molecule has 1 aromatic rings. The van der Waals surface area contributed by atoms with Crippen molar-refractivity contribution >= 4 is 5.82 Å². The fourth-order valence-electron chi connectivity index (χ4n) is 0.864. The Labute approximate surface area is 76.6 Å². The summed E-state index contributed by atoms with van der Waals surface area (Å²) >= 11 is 0. The van der Waals surface area contributed by atoms with Gasteiger partial charge < -0.3 is 5.32 Å². The molecule has 5 heteroatoms. The Balaban J connectivity index is 2.87. The molecule has 0 radical (unpaired) electrons. The molecule has 0 aliphatic carbocycles. The number of rotatable bonds is 3. The van der Waals surface area contributed by atoms with Crippen molar-refractivity contribution in [3.05, 3.63) is 16.2 Å². The molecule has 0 aliphatic heterocycles. The van der Waals surface area contributed by atoms with Crippen LogP contribution in [-0.2, 0) is 0 Å². The molecule has 0 spiro atoms. The van der Waals surface area contributed by atoms with Crippen molar-refractivity contribution in [2.75, 3.05) is 5.32 Å². The fraction of sp³-hybridized carbons (Fsp3) is 0.625. The number of aromatic nitrogens is 3. The van der Waals surface area contributed by atoms with E-state index in [1.165, 1.54) is 0 Å². The normalized spacial score (nSPS) is 12.5. The molecule has 0 fully saturated rings. The first-order valence-electron chi connectivity index (χ1n) is 4.33. The van der Waals surface area contributed by atoms with Crippen molar-refractivity contribution in [3.8, 4) is 0 Å². The lowest BCUT2D eigenvalue weighted by Crippen LogP contribution is -2.21. The maximum Gasteiger partial charge on any atom is 0.363 e. The zero-order valence-electron chi connectivity index (χ0n) is 8.09. The Morgan fingerprint density at radius 1 is 1.62 bits per heavy atom. The Morgan fingerprint density at radius 3 is 2.92 bits per heavy atom. The molecule has 1 heterocycles. The van der Waals surface area contributed by atoms with Crippen LogP contribution in [0.3, 0.4) is 0 Å². The van der Waals surface area contributed by atoms with E-state index < -0.39 is 5.69 Å². The second kappa shape index (κ2) is 4.02. The van der Waals surface area contributed by atoms with Crippen LogP contribution in [0, 0.1) is 6.92 Å². The molecule has 2 N–H and O–H groups in total. The van der Waals surface area contributed by atoms with Gasteiger partial charge in [0.25, 0.3) is 0 Å². The number of anilines is 1. The minimum absolute atomic E-state index is 0.301. The van der Waals surface area contributed by atoms with Gasteiger partial charge in [0.15, 0.2) is 5.82 Å². The van der Waals surface area contributed by atoms with Crippen LogP contribution in [0.4, 0.5) is 5.82 Å². The van der Waals surface area contributed by atoms with E-state index in [4.69, 9.17) is 0 Å². The lowest BCUT2D eigenvalue weighted by atomic mass is 10.2. The van der Waals surface area contributed by atoms with E-state index in [0.717, 1.165) is 6.42 Å². The second-order valence-corrected chi connectivity index (χ2v) is 3.03. The summed E-state index contributed by atoms with van der Waals surface area (Å²) in [5, 5.41) is 9.19. The molecule has 13 heavy (non-hydrogen) atoms. The molecule has 72 valence electrons. The molecular weight excluding hydrogens is 168 g/mol. The summed E-state index contributed by atoms with van der Waals surface area (Å²) < 4.78 is 0. The number of aromatic amines is 1. The SMILES string of the molecule is CCC(C)Nc1nc(=O)[nH]nc1C. The van der Waals surface area contributed by atoms with Gasteiger partial charge in [-0.05, 0) is 20.3 Å². The third-order valence-corrected chi connectivity index (χ3v) is 1.87. The molecule has 1 unspecified atom stereocenters. The van der Waals surface area contributed by atoms with Gasteiger partial charge in [-0.1, -0.05) is 6.92 Å².